The number of carbonyl (C=O) groups excluding carboxylic acids is 1. The van der Waals surface area contributed by atoms with Gasteiger partial charge in [0.2, 0.25) is 0 Å². The van der Waals surface area contributed by atoms with E-state index in [0.717, 1.165) is 37.5 Å². The fourth-order valence-electron chi connectivity index (χ4n) is 2.07. The number of nitrogens with zero attached hydrogens (tertiary/aromatic N) is 2. The summed E-state index contributed by atoms with van der Waals surface area (Å²) >= 11 is 0. The van der Waals surface area contributed by atoms with E-state index in [0.29, 0.717) is 6.54 Å². The predicted octanol–water partition coefficient (Wildman–Crippen LogP) is 3.77. The van der Waals surface area contributed by atoms with Crippen molar-refractivity contribution >= 4 is 11.6 Å². The maximum Gasteiger partial charge on any atom is 0.270 e. The molecule has 0 bridgehead atoms. The molecule has 0 aliphatic rings. The van der Waals surface area contributed by atoms with Crippen LogP contribution >= 0.6 is 0 Å². The van der Waals surface area contributed by atoms with E-state index in [4.69, 9.17) is 0 Å². The van der Waals surface area contributed by atoms with Crippen molar-refractivity contribution < 1.29 is 14.1 Å². The minimum absolute atomic E-state index is 0.0898. The average molecular weight is 296 g/mol. The summed E-state index contributed by atoms with van der Waals surface area (Å²) in [4.78, 5) is 24.1. The molecule has 0 aromatic heterocycles. The summed E-state index contributed by atoms with van der Waals surface area (Å²) in [7, 11) is 0. The van der Waals surface area contributed by atoms with E-state index in [1.807, 2.05) is 13.8 Å². The number of nitro groups is 1. The number of halogens is 1. The van der Waals surface area contributed by atoms with Crippen LogP contribution in [0.2, 0.25) is 0 Å². The van der Waals surface area contributed by atoms with Gasteiger partial charge in [0, 0.05) is 24.7 Å². The topological polar surface area (TPSA) is 63.5 Å². The summed E-state index contributed by atoms with van der Waals surface area (Å²) in [5.74, 6) is -1.23. The van der Waals surface area contributed by atoms with Gasteiger partial charge in [-0.3, -0.25) is 14.9 Å². The van der Waals surface area contributed by atoms with Crippen LogP contribution in [0.25, 0.3) is 0 Å². The summed E-state index contributed by atoms with van der Waals surface area (Å²) in [5.41, 5.74) is -0.522. The Kier molecular flexibility index (Phi) is 6.27. The third-order valence-electron chi connectivity index (χ3n) is 3.28. The summed E-state index contributed by atoms with van der Waals surface area (Å²) in [5, 5.41) is 10.8. The Labute approximate surface area is 123 Å². The lowest BCUT2D eigenvalue weighted by atomic mass is 10.1. The Hall–Kier alpha value is -1.98. The molecule has 6 heteroatoms. The van der Waals surface area contributed by atoms with Gasteiger partial charge in [-0.15, -0.1) is 0 Å². The first-order valence-corrected chi connectivity index (χ1v) is 7.13. The molecule has 21 heavy (non-hydrogen) atoms. The molecule has 0 radical (unpaired) electrons. The van der Waals surface area contributed by atoms with Crippen molar-refractivity contribution in [2.75, 3.05) is 6.54 Å². The summed E-state index contributed by atoms with van der Waals surface area (Å²) in [6.07, 6.45) is 2.83. The van der Waals surface area contributed by atoms with E-state index < -0.39 is 16.6 Å². The summed E-state index contributed by atoms with van der Waals surface area (Å²) in [6, 6.07) is 2.94. The fourth-order valence-corrected chi connectivity index (χ4v) is 2.07. The molecule has 1 aromatic rings. The monoisotopic (exact) mass is 296 g/mol. The largest absolute Gasteiger partial charge is 0.336 e. The van der Waals surface area contributed by atoms with Crippen molar-refractivity contribution in [3.8, 4) is 0 Å². The molecule has 0 unspecified atom stereocenters. The lowest BCUT2D eigenvalue weighted by Crippen LogP contribution is -2.38. The van der Waals surface area contributed by atoms with Crippen LogP contribution in [0.3, 0.4) is 0 Å². The van der Waals surface area contributed by atoms with Crippen LogP contribution < -0.4 is 0 Å². The molecule has 0 heterocycles. The SMILES string of the molecule is CCCCCN(C(=O)c1cc([N+](=O)[O-])ccc1F)C(C)C. The van der Waals surface area contributed by atoms with Gasteiger partial charge in [0.25, 0.3) is 11.6 Å². The lowest BCUT2D eigenvalue weighted by Gasteiger charge is -2.27. The number of rotatable bonds is 7. The molecule has 1 amide bonds. The van der Waals surface area contributed by atoms with Gasteiger partial charge in [-0.25, -0.2) is 4.39 Å². The third-order valence-corrected chi connectivity index (χ3v) is 3.28. The van der Waals surface area contributed by atoms with Crippen LogP contribution in [0.1, 0.15) is 50.4 Å². The normalized spacial score (nSPS) is 10.7. The number of unbranched alkanes of at least 4 members (excludes halogenated alkanes) is 2. The van der Waals surface area contributed by atoms with Crippen LogP contribution in [0.5, 0.6) is 0 Å². The fraction of sp³-hybridized carbons (Fsp3) is 0.533. The van der Waals surface area contributed by atoms with Crippen molar-refractivity contribution in [1.29, 1.82) is 0 Å². The van der Waals surface area contributed by atoms with Gasteiger partial charge < -0.3 is 4.90 Å². The molecule has 0 N–H and O–H groups in total. The molecule has 0 atom stereocenters. The molecule has 5 nitrogen and oxygen atoms in total. The maximum absolute atomic E-state index is 13.8. The molecule has 0 saturated carbocycles. The standard InChI is InChI=1S/C15H21FN2O3/c1-4-5-6-9-17(11(2)3)15(19)13-10-12(18(20)21)7-8-14(13)16/h7-8,10-11H,4-6,9H2,1-3H3. The van der Waals surface area contributed by atoms with E-state index in [1.165, 1.54) is 0 Å². The zero-order valence-electron chi connectivity index (χ0n) is 12.6. The summed E-state index contributed by atoms with van der Waals surface area (Å²) in [6.45, 7) is 6.27. The van der Waals surface area contributed by atoms with Crippen LogP contribution in [0.4, 0.5) is 10.1 Å². The van der Waals surface area contributed by atoms with Crippen molar-refractivity contribution in [2.24, 2.45) is 0 Å². The number of nitro benzene ring substituents is 1. The molecule has 0 spiro atoms. The highest BCUT2D eigenvalue weighted by molar-refractivity contribution is 5.95. The zero-order valence-corrected chi connectivity index (χ0v) is 12.6. The second kappa shape index (κ2) is 7.71. The minimum Gasteiger partial charge on any atom is -0.336 e. The number of hydrogen-bond donors (Lipinski definition) is 0. The first kappa shape index (κ1) is 17.1. The predicted molar refractivity (Wildman–Crippen MR) is 78.8 cm³/mol. The van der Waals surface area contributed by atoms with Gasteiger partial charge in [-0.2, -0.15) is 0 Å². The highest BCUT2D eigenvalue weighted by Crippen LogP contribution is 2.19. The number of hydrogen-bond acceptors (Lipinski definition) is 3. The number of non-ortho nitro benzene ring substituents is 1. The van der Waals surface area contributed by atoms with E-state index in [1.54, 1.807) is 4.90 Å². The number of amides is 1. The smallest absolute Gasteiger partial charge is 0.270 e. The molecule has 1 aromatic carbocycles. The van der Waals surface area contributed by atoms with Crippen LogP contribution in [0.15, 0.2) is 18.2 Å². The lowest BCUT2D eigenvalue weighted by molar-refractivity contribution is -0.384. The van der Waals surface area contributed by atoms with E-state index in [-0.39, 0.29) is 17.3 Å². The van der Waals surface area contributed by atoms with Gasteiger partial charge in [-0.05, 0) is 26.3 Å². The van der Waals surface area contributed by atoms with Crippen LogP contribution in [-0.2, 0) is 0 Å². The van der Waals surface area contributed by atoms with Crippen molar-refractivity contribution in [3.05, 3.63) is 39.7 Å². The molecule has 0 fully saturated rings. The van der Waals surface area contributed by atoms with Gasteiger partial charge in [-0.1, -0.05) is 19.8 Å². The maximum atomic E-state index is 13.8. The molecular weight excluding hydrogens is 275 g/mol. The van der Waals surface area contributed by atoms with Gasteiger partial charge >= 0.3 is 0 Å². The molecule has 0 aliphatic carbocycles. The highest BCUT2D eigenvalue weighted by atomic mass is 19.1. The first-order valence-electron chi connectivity index (χ1n) is 7.13. The Bertz CT molecular complexity index is 518. The van der Waals surface area contributed by atoms with E-state index in [9.17, 15) is 19.3 Å². The molecule has 116 valence electrons. The van der Waals surface area contributed by atoms with Crippen molar-refractivity contribution in [1.82, 2.24) is 4.90 Å². The van der Waals surface area contributed by atoms with Crippen molar-refractivity contribution in [2.45, 2.75) is 46.1 Å². The molecular formula is C15H21FN2O3. The van der Waals surface area contributed by atoms with Crippen molar-refractivity contribution in [3.63, 3.8) is 0 Å². The highest BCUT2D eigenvalue weighted by Gasteiger charge is 2.23. The zero-order chi connectivity index (χ0) is 16.0. The first-order chi connectivity index (χ1) is 9.88. The quantitative estimate of drug-likeness (QED) is 0.437. The van der Waals surface area contributed by atoms with Crippen LogP contribution in [-0.4, -0.2) is 28.3 Å². The summed E-state index contributed by atoms with van der Waals surface area (Å²) < 4.78 is 13.8. The second-order valence-electron chi connectivity index (χ2n) is 5.22. The van der Waals surface area contributed by atoms with E-state index >= 15 is 0 Å². The Balaban J connectivity index is 3.02. The molecule has 0 aliphatic heterocycles. The van der Waals surface area contributed by atoms with E-state index in [2.05, 4.69) is 6.92 Å². The Morgan fingerprint density at radius 3 is 2.57 bits per heavy atom. The van der Waals surface area contributed by atoms with Crippen LogP contribution in [0, 0.1) is 15.9 Å². The van der Waals surface area contributed by atoms with Gasteiger partial charge in [0.1, 0.15) is 5.82 Å². The third kappa shape index (κ3) is 4.51. The number of carbonyl (C=O) groups is 1. The molecule has 0 saturated heterocycles. The van der Waals surface area contributed by atoms with Gasteiger partial charge in [0.15, 0.2) is 0 Å². The Morgan fingerprint density at radius 1 is 1.38 bits per heavy atom. The van der Waals surface area contributed by atoms with Gasteiger partial charge in [0.05, 0.1) is 10.5 Å². The molecule has 1 rings (SSSR count). The number of benzene rings is 1. The minimum atomic E-state index is -0.730. The second-order valence-corrected chi connectivity index (χ2v) is 5.22. The average Bonchev–Trinajstić information content (AvgIpc) is 2.42. The Morgan fingerprint density at radius 2 is 2.05 bits per heavy atom.